The molecule has 1 heterocycles. The van der Waals surface area contributed by atoms with Crippen LogP contribution < -0.4 is 14.8 Å². The van der Waals surface area contributed by atoms with Crippen molar-refractivity contribution in [2.45, 2.75) is 6.42 Å². The lowest BCUT2D eigenvalue weighted by molar-refractivity contribution is -0.115. The Balaban J connectivity index is 1.73. The Bertz CT molecular complexity index is 862. The van der Waals surface area contributed by atoms with Crippen LogP contribution in [0.4, 0.5) is 6.01 Å². The van der Waals surface area contributed by atoms with E-state index >= 15 is 0 Å². The molecule has 2 aromatic carbocycles. The summed E-state index contributed by atoms with van der Waals surface area (Å²) in [4.78, 5) is 12.1. The third kappa shape index (κ3) is 3.95. The first-order valence-corrected chi connectivity index (χ1v) is 7.59. The summed E-state index contributed by atoms with van der Waals surface area (Å²) in [5, 5.41) is 10.4. The van der Waals surface area contributed by atoms with Crippen LogP contribution in [0.15, 0.2) is 52.9 Å². The number of hydrogen-bond acceptors (Lipinski definition) is 6. The Labute approximate surface area is 144 Å². The number of methoxy groups -OCH3 is 2. The molecule has 3 rings (SSSR count). The molecule has 7 nitrogen and oxygen atoms in total. The average molecular weight is 339 g/mol. The van der Waals surface area contributed by atoms with Crippen LogP contribution in [0.3, 0.4) is 0 Å². The predicted molar refractivity (Wildman–Crippen MR) is 91.6 cm³/mol. The lowest BCUT2D eigenvalue weighted by Crippen LogP contribution is -2.14. The van der Waals surface area contributed by atoms with Gasteiger partial charge in [-0.05, 0) is 17.7 Å². The molecule has 0 aliphatic carbocycles. The summed E-state index contributed by atoms with van der Waals surface area (Å²) < 4.78 is 16.0. The third-order valence-corrected chi connectivity index (χ3v) is 3.52. The zero-order valence-corrected chi connectivity index (χ0v) is 13.9. The summed E-state index contributed by atoms with van der Waals surface area (Å²) in [6.07, 6.45) is 0.227. The second-order valence-electron chi connectivity index (χ2n) is 5.19. The number of hydrogen-bond donors (Lipinski definition) is 1. The molecular formula is C18H17N3O4. The van der Waals surface area contributed by atoms with Crippen molar-refractivity contribution in [2.75, 3.05) is 19.5 Å². The van der Waals surface area contributed by atoms with Gasteiger partial charge in [0.1, 0.15) is 11.5 Å². The molecule has 3 aromatic rings. The van der Waals surface area contributed by atoms with Gasteiger partial charge in [-0.15, -0.1) is 5.10 Å². The number of carbonyl (C=O) groups is 1. The standard InChI is InChI=1S/C18H17N3O4/c1-23-13-8-9-14(15(11-13)24-2)17-20-21-18(25-17)19-16(22)10-12-6-4-3-5-7-12/h3-9,11H,10H2,1-2H3,(H,19,21,22). The van der Waals surface area contributed by atoms with E-state index in [1.54, 1.807) is 25.3 Å². The van der Waals surface area contributed by atoms with Crippen LogP contribution in [0.25, 0.3) is 11.5 Å². The van der Waals surface area contributed by atoms with E-state index in [-0.39, 0.29) is 24.2 Å². The molecule has 1 aromatic heterocycles. The van der Waals surface area contributed by atoms with Gasteiger partial charge < -0.3 is 13.9 Å². The summed E-state index contributed by atoms with van der Waals surface area (Å²) in [5.74, 6) is 1.19. The van der Waals surface area contributed by atoms with E-state index in [2.05, 4.69) is 15.5 Å². The van der Waals surface area contributed by atoms with Gasteiger partial charge in [0, 0.05) is 6.07 Å². The average Bonchev–Trinajstić information content (AvgIpc) is 3.10. The first-order chi connectivity index (χ1) is 12.2. The summed E-state index contributed by atoms with van der Waals surface area (Å²) in [6, 6.07) is 14.7. The summed E-state index contributed by atoms with van der Waals surface area (Å²) in [5.41, 5.74) is 1.51. The van der Waals surface area contributed by atoms with Crippen molar-refractivity contribution in [1.29, 1.82) is 0 Å². The van der Waals surface area contributed by atoms with Crippen molar-refractivity contribution in [3.8, 4) is 23.0 Å². The van der Waals surface area contributed by atoms with Gasteiger partial charge in [0.2, 0.25) is 5.91 Å². The van der Waals surface area contributed by atoms with Crippen molar-refractivity contribution < 1.29 is 18.7 Å². The molecule has 0 aliphatic rings. The van der Waals surface area contributed by atoms with Gasteiger partial charge in [0.15, 0.2) is 0 Å². The minimum absolute atomic E-state index is 0.0359. The Morgan fingerprint density at radius 3 is 2.60 bits per heavy atom. The highest BCUT2D eigenvalue weighted by atomic mass is 16.5. The molecule has 0 saturated heterocycles. The first kappa shape index (κ1) is 16.5. The second kappa shape index (κ2) is 7.48. The molecule has 1 amide bonds. The van der Waals surface area contributed by atoms with E-state index in [1.807, 2.05) is 30.3 Å². The fourth-order valence-corrected chi connectivity index (χ4v) is 2.30. The first-order valence-electron chi connectivity index (χ1n) is 7.59. The number of anilines is 1. The second-order valence-corrected chi connectivity index (χ2v) is 5.19. The number of aromatic nitrogens is 2. The summed E-state index contributed by atoms with van der Waals surface area (Å²) in [7, 11) is 3.11. The van der Waals surface area contributed by atoms with Crippen molar-refractivity contribution in [2.24, 2.45) is 0 Å². The molecule has 128 valence electrons. The molecule has 0 unspecified atom stereocenters. The minimum atomic E-state index is -0.233. The maximum Gasteiger partial charge on any atom is 0.322 e. The number of ether oxygens (including phenoxy) is 2. The predicted octanol–water partition coefficient (Wildman–Crippen LogP) is 2.94. The lowest BCUT2D eigenvalue weighted by Gasteiger charge is -2.07. The summed E-state index contributed by atoms with van der Waals surface area (Å²) in [6.45, 7) is 0. The van der Waals surface area contributed by atoms with Gasteiger partial charge in [-0.2, -0.15) is 0 Å². The van der Waals surface area contributed by atoms with Crippen molar-refractivity contribution >= 4 is 11.9 Å². The van der Waals surface area contributed by atoms with Crippen LogP contribution in [-0.2, 0) is 11.2 Å². The van der Waals surface area contributed by atoms with Gasteiger partial charge in [0.05, 0.1) is 26.2 Å². The highest BCUT2D eigenvalue weighted by Crippen LogP contribution is 2.32. The van der Waals surface area contributed by atoms with Crippen LogP contribution >= 0.6 is 0 Å². The smallest absolute Gasteiger partial charge is 0.322 e. The Kier molecular flexibility index (Phi) is 4.94. The zero-order valence-electron chi connectivity index (χ0n) is 13.9. The lowest BCUT2D eigenvalue weighted by atomic mass is 10.1. The van der Waals surface area contributed by atoms with Gasteiger partial charge >= 0.3 is 6.01 Å². The third-order valence-electron chi connectivity index (χ3n) is 3.52. The van der Waals surface area contributed by atoms with Crippen LogP contribution in [0.5, 0.6) is 11.5 Å². The quantitative estimate of drug-likeness (QED) is 0.743. The molecule has 0 aliphatic heterocycles. The monoisotopic (exact) mass is 339 g/mol. The Morgan fingerprint density at radius 2 is 1.88 bits per heavy atom. The highest BCUT2D eigenvalue weighted by Gasteiger charge is 2.16. The number of rotatable bonds is 6. The van der Waals surface area contributed by atoms with E-state index in [0.717, 1.165) is 5.56 Å². The van der Waals surface area contributed by atoms with Gasteiger partial charge in [-0.3, -0.25) is 10.1 Å². The van der Waals surface area contributed by atoms with E-state index in [4.69, 9.17) is 13.9 Å². The van der Waals surface area contributed by atoms with Crippen LogP contribution in [0.2, 0.25) is 0 Å². The minimum Gasteiger partial charge on any atom is -0.497 e. The SMILES string of the molecule is COc1ccc(-c2nnc(NC(=O)Cc3ccccc3)o2)c(OC)c1. The number of benzene rings is 2. The molecule has 7 heteroatoms. The van der Waals surface area contributed by atoms with Crippen molar-refractivity contribution in [3.63, 3.8) is 0 Å². The maximum absolute atomic E-state index is 12.1. The van der Waals surface area contributed by atoms with Gasteiger partial charge in [0.25, 0.3) is 5.89 Å². The number of amides is 1. The van der Waals surface area contributed by atoms with E-state index in [0.29, 0.717) is 17.1 Å². The van der Waals surface area contributed by atoms with Crippen LogP contribution in [-0.4, -0.2) is 30.3 Å². The topological polar surface area (TPSA) is 86.5 Å². The maximum atomic E-state index is 12.1. The van der Waals surface area contributed by atoms with Crippen LogP contribution in [0, 0.1) is 0 Å². The molecule has 0 atom stereocenters. The molecule has 25 heavy (non-hydrogen) atoms. The normalized spacial score (nSPS) is 10.3. The van der Waals surface area contributed by atoms with Crippen molar-refractivity contribution in [1.82, 2.24) is 10.2 Å². The molecule has 0 saturated carbocycles. The molecular weight excluding hydrogens is 322 g/mol. The largest absolute Gasteiger partial charge is 0.497 e. The number of carbonyl (C=O) groups excluding carboxylic acids is 1. The number of nitrogens with one attached hydrogen (secondary N) is 1. The Hall–Kier alpha value is -3.35. The fraction of sp³-hybridized carbons (Fsp3) is 0.167. The highest BCUT2D eigenvalue weighted by molar-refractivity contribution is 5.90. The van der Waals surface area contributed by atoms with Crippen molar-refractivity contribution in [3.05, 3.63) is 54.1 Å². The van der Waals surface area contributed by atoms with E-state index in [1.165, 1.54) is 7.11 Å². The zero-order chi connectivity index (χ0) is 17.6. The number of nitrogens with zero attached hydrogens (tertiary/aromatic N) is 2. The fourth-order valence-electron chi connectivity index (χ4n) is 2.30. The molecule has 0 radical (unpaired) electrons. The van der Waals surface area contributed by atoms with Gasteiger partial charge in [-0.1, -0.05) is 35.4 Å². The molecule has 0 fully saturated rings. The van der Waals surface area contributed by atoms with Gasteiger partial charge in [-0.25, -0.2) is 0 Å². The van der Waals surface area contributed by atoms with E-state index < -0.39 is 0 Å². The molecule has 0 spiro atoms. The summed E-state index contributed by atoms with van der Waals surface area (Å²) >= 11 is 0. The molecule has 1 N–H and O–H groups in total. The van der Waals surface area contributed by atoms with Crippen LogP contribution in [0.1, 0.15) is 5.56 Å². The Morgan fingerprint density at radius 1 is 1.08 bits per heavy atom. The molecule has 0 bridgehead atoms. The van der Waals surface area contributed by atoms with E-state index in [9.17, 15) is 4.79 Å².